The zero-order chi connectivity index (χ0) is 19.3. The summed E-state index contributed by atoms with van der Waals surface area (Å²) in [5.41, 5.74) is 2.85. The van der Waals surface area contributed by atoms with E-state index in [2.05, 4.69) is 11.6 Å². The standard InChI is InChI=1S/C21H21NO3S2/c1-3-7-18(14-25-27(23,24)19-12-10-16(2)11-13-19)20-15-26-21(22-20)17-8-5-4-6-9-17/h3-6,8-13,15,18H,1,7,14H2,2H3/t18-/m0/s1. The monoisotopic (exact) mass is 399 g/mol. The summed E-state index contributed by atoms with van der Waals surface area (Å²) in [5.74, 6) is -0.170. The molecular formula is C21H21NO3S2. The van der Waals surface area contributed by atoms with Crippen molar-refractivity contribution in [2.45, 2.75) is 24.2 Å². The molecular weight excluding hydrogens is 378 g/mol. The van der Waals surface area contributed by atoms with Crippen LogP contribution in [0.1, 0.15) is 23.6 Å². The van der Waals surface area contributed by atoms with Gasteiger partial charge in [0.05, 0.1) is 17.2 Å². The maximum atomic E-state index is 12.4. The van der Waals surface area contributed by atoms with Crippen molar-refractivity contribution >= 4 is 21.5 Å². The van der Waals surface area contributed by atoms with Crippen molar-refractivity contribution in [1.29, 1.82) is 0 Å². The number of aromatic nitrogens is 1. The van der Waals surface area contributed by atoms with Gasteiger partial charge in [-0.1, -0.05) is 54.1 Å². The molecule has 0 N–H and O–H groups in total. The average Bonchev–Trinajstić information content (AvgIpc) is 3.16. The first kappa shape index (κ1) is 19.5. The Morgan fingerprint density at radius 3 is 2.52 bits per heavy atom. The summed E-state index contributed by atoms with van der Waals surface area (Å²) in [6.07, 6.45) is 2.34. The molecule has 1 aromatic heterocycles. The third-order valence-corrected chi connectivity index (χ3v) is 6.35. The van der Waals surface area contributed by atoms with Crippen LogP contribution in [-0.4, -0.2) is 20.0 Å². The summed E-state index contributed by atoms with van der Waals surface area (Å²) in [7, 11) is -3.80. The first-order valence-electron chi connectivity index (χ1n) is 8.57. The van der Waals surface area contributed by atoms with Gasteiger partial charge in [0.2, 0.25) is 0 Å². The SMILES string of the molecule is C=CC[C@@H](COS(=O)(=O)c1ccc(C)cc1)c1csc(-c2ccccc2)n1. The smallest absolute Gasteiger partial charge is 0.266 e. The summed E-state index contributed by atoms with van der Waals surface area (Å²) in [6.45, 7) is 5.71. The van der Waals surface area contributed by atoms with Crippen LogP contribution in [0.2, 0.25) is 0 Å². The Balaban J connectivity index is 1.75. The Kier molecular flexibility index (Phi) is 6.21. The van der Waals surface area contributed by atoms with E-state index < -0.39 is 10.1 Å². The second-order valence-electron chi connectivity index (χ2n) is 6.22. The molecule has 6 heteroatoms. The molecule has 0 saturated heterocycles. The third kappa shape index (κ3) is 4.91. The Labute approximate surface area is 164 Å². The number of hydrogen-bond acceptors (Lipinski definition) is 5. The summed E-state index contributed by atoms with van der Waals surface area (Å²) in [6, 6.07) is 16.5. The molecule has 140 valence electrons. The molecule has 0 amide bonds. The highest BCUT2D eigenvalue weighted by Crippen LogP contribution is 2.29. The van der Waals surface area contributed by atoms with E-state index in [1.807, 2.05) is 42.6 Å². The van der Waals surface area contributed by atoms with Crippen LogP contribution in [0, 0.1) is 6.92 Å². The maximum Gasteiger partial charge on any atom is 0.296 e. The summed E-state index contributed by atoms with van der Waals surface area (Å²) in [5, 5.41) is 2.86. The zero-order valence-corrected chi connectivity index (χ0v) is 16.7. The van der Waals surface area contributed by atoms with Crippen LogP contribution in [0.15, 0.2) is 77.5 Å². The van der Waals surface area contributed by atoms with Gasteiger partial charge in [0.1, 0.15) is 5.01 Å². The van der Waals surface area contributed by atoms with Gasteiger partial charge in [-0.15, -0.1) is 17.9 Å². The fourth-order valence-corrected chi connectivity index (χ4v) is 4.46. The first-order chi connectivity index (χ1) is 13.0. The first-order valence-corrected chi connectivity index (χ1v) is 10.9. The number of hydrogen-bond donors (Lipinski definition) is 0. The van der Waals surface area contributed by atoms with Crippen molar-refractivity contribution in [2.24, 2.45) is 0 Å². The average molecular weight is 400 g/mol. The highest BCUT2D eigenvalue weighted by molar-refractivity contribution is 7.86. The molecule has 0 aliphatic carbocycles. The van der Waals surface area contributed by atoms with Crippen LogP contribution < -0.4 is 0 Å². The number of benzene rings is 2. The Bertz CT molecular complexity index is 993. The molecule has 0 aliphatic heterocycles. The lowest BCUT2D eigenvalue weighted by Crippen LogP contribution is -2.14. The highest BCUT2D eigenvalue weighted by atomic mass is 32.2. The minimum Gasteiger partial charge on any atom is -0.266 e. The normalized spacial score (nSPS) is 12.6. The fraction of sp³-hybridized carbons (Fsp3) is 0.190. The summed E-state index contributed by atoms with van der Waals surface area (Å²) in [4.78, 5) is 4.84. The molecule has 3 aromatic rings. The second kappa shape index (κ2) is 8.61. The van der Waals surface area contributed by atoms with E-state index in [9.17, 15) is 8.42 Å². The van der Waals surface area contributed by atoms with E-state index in [0.29, 0.717) is 6.42 Å². The number of thiazole rings is 1. The van der Waals surface area contributed by atoms with Gasteiger partial charge in [-0.3, -0.25) is 4.18 Å². The van der Waals surface area contributed by atoms with Crippen LogP contribution in [-0.2, 0) is 14.3 Å². The van der Waals surface area contributed by atoms with Crippen LogP contribution in [0.3, 0.4) is 0 Å². The third-order valence-electron chi connectivity index (χ3n) is 4.15. The Morgan fingerprint density at radius 1 is 1.15 bits per heavy atom. The van der Waals surface area contributed by atoms with E-state index in [4.69, 9.17) is 4.18 Å². The molecule has 0 aliphatic rings. The van der Waals surface area contributed by atoms with Crippen molar-refractivity contribution in [3.8, 4) is 10.6 Å². The molecule has 1 heterocycles. The largest absolute Gasteiger partial charge is 0.296 e. The van der Waals surface area contributed by atoms with Crippen molar-refractivity contribution < 1.29 is 12.6 Å². The van der Waals surface area contributed by atoms with Gasteiger partial charge in [0.15, 0.2) is 0 Å². The van der Waals surface area contributed by atoms with Crippen molar-refractivity contribution in [3.05, 3.63) is 83.9 Å². The van der Waals surface area contributed by atoms with Crippen molar-refractivity contribution in [1.82, 2.24) is 4.98 Å². The van der Waals surface area contributed by atoms with Crippen LogP contribution in [0.5, 0.6) is 0 Å². The van der Waals surface area contributed by atoms with Gasteiger partial charge in [-0.2, -0.15) is 8.42 Å². The molecule has 0 saturated carbocycles. The Hall–Kier alpha value is -2.28. The minimum absolute atomic E-state index is 0.0280. The van der Waals surface area contributed by atoms with Crippen molar-refractivity contribution in [2.75, 3.05) is 6.61 Å². The van der Waals surface area contributed by atoms with E-state index in [1.54, 1.807) is 30.3 Å². The van der Waals surface area contributed by atoms with Gasteiger partial charge in [0, 0.05) is 16.9 Å². The lowest BCUT2D eigenvalue weighted by atomic mass is 10.0. The summed E-state index contributed by atoms with van der Waals surface area (Å²) >= 11 is 1.54. The predicted molar refractivity (Wildman–Crippen MR) is 109 cm³/mol. The van der Waals surface area contributed by atoms with Gasteiger partial charge in [-0.05, 0) is 25.5 Å². The van der Waals surface area contributed by atoms with Gasteiger partial charge in [-0.25, -0.2) is 4.98 Å². The molecule has 0 fully saturated rings. The highest BCUT2D eigenvalue weighted by Gasteiger charge is 2.21. The van der Waals surface area contributed by atoms with E-state index in [0.717, 1.165) is 21.8 Å². The van der Waals surface area contributed by atoms with E-state index in [1.165, 1.54) is 11.3 Å². The quantitative estimate of drug-likeness (QED) is 0.387. The lowest BCUT2D eigenvalue weighted by molar-refractivity contribution is 0.290. The van der Waals surface area contributed by atoms with Gasteiger partial charge in [0.25, 0.3) is 10.1 Å². The Morgan fingerprint density at radius 2 is 1.85 bits per heavy atom. The zero-order valence-electron chi connectivity index (χ0n) is 15.0. The molecule has 0 radical (unpaired) electrons. The number of rotatable bonds is 8. The van der Waals surface area contributed by atoms with Crippen LogP contribution in [0.4, 0.5) is 0 Å². The second-order valence-corrected chi connectivity index (χ2v) is 8.69. The van der Waals surface area contributed by atoms with Gasteiger partial charge >= 0.3 is 0 Å². The molecule has 4 nitrogen and oxygen atoms in total. The fourth-order valence-electron chi connectivity index (χ4n) is 2.61. The number of nitrogens with zero attached hydrogens (tertiary/aromatic N) is 1. The molecule has 3 rings (SSSR count). The van der Waals surface area contributed by atoms with Crippen molar-refractivity contribution in [3.63, 3.8) is 0 Å². The van der Waals surface area contributed by atoms with Gasteiger partial charge < -0.3 is 0 Å². The van der Waals surface area contributed by atoms with Crippen LogP contribution in [0.25, 0.3) is 10.6 Å². The molecule has 27 heavy (non-hydrogen) atoms. The van der Waals surface area contributed by atoms with E-state index >= 15 is 0 Å². The number of allylic oxidation sites excluding steroid dienone is 1. The topological polar surface area (TPSA) is 56.3 Å². The van der Waals surface area contributed by atoms with E-state index in [-0.39, 0.29) is 17.4 Å². The number of aryl methyl sites for hydroxylation is 1. The molecule has 0 bridgehead atoms. The minimum atomic E-state index is -3.80. The summed E-state index contributed by atoms with van der Waals surface area (Å²) < 4.78 is 30.2. The molecule has 1 atom stereocenters. The lowest BCUT2D eigenvalue weighted by Gasteiger charge is -2.13. The predicted octanol–water partition coefficient (Wildman–Crippen LogP) is 5.18. The maximum absolute atomic E-state index is 12.4. The molecule has 0 spiro atoms. The molecule has 0 unspecified atom stereocenters. The van der Waals surface area contributed by atoms with Crippen LogP contribution >= 0.6 is 11.3 Å². The molecule has 2 aromatic carbocycles.